The van der Waals surface area contributed by atoms with E-state index in [9.17, 15) is 4.79 Å². The summed E-state index contributed by atoms with van der Waals surface area (Å²) < 4.78 is 5.53. The number of rotatable bonds is 4. The zero-order chi connectivity index (χ0) is 17.1. The Labute approximate surface area is 140 Å². The first-order valence-corrected chi connectivity index (χ1v) is 7.78. The van der Waals surface area contributed by atoms with Crippen LogP contribution in [0.4, 0.5) is 6.01 Å². The zero-order valence-corrected chi connectivity index (χ0v) is 14.0. The van der Waals surface area contributed by atoms with Crippen molar-refractivity contribution in [2.75, 3.05) is 5.32 Å². The maximum Gasteiger partial charge on any atom is 0.322 e. The van der Waals surface area contributed by atoms with Gasteiger partial charge in [0.25, 0.3) is 5.91 Å². The molecule has 122 valence electrons. The van der Waals surface area contributed by atoms with Gasteiger partial charge in [-0.15, -0.1) is 5.10 Å². The van der Waals surface area contributed by atoms with Crippen LogP contribution in [0.3, 0.4) is 0 Å². The van der Waals surface area contributed by atoms with Gasteiger partial charge in [-0.2, -0.15) is 0 Å². The van der Waals surface area contributed by atoms with Crippen molar-refractivity contribution in [1.82, 2.24) is 10.2 Å². The summed E-state index contributed by atoms with van der Waals surface area (Å²) in [5.41, 5.74) is 4.81. The standard InChI is InChI=1S/C19H19N3O2/c1-12-5-8-15(9-6-12)11-17-21-22-19(24-17)20-18(23)16-10-13(2)4-7-14(16)3/h4-10H,11H2,1-3H3,(H,20,22,23). The van der Waals surface area contributed by atoms with E-state index in [1.54, 1.807) is 0 Å². The van der Waals surface area contributed by atoms with Crippen LogP contribution in [0.1, 0.15) is 38.5 Å². The molecule has 0 aliphatic carbocycles. The van der Waals surface area contributed by atoms with Crippen molar-refractivity contribution in [3.05, 3.63) is 76.2 Å². The van der Waals surface area contributed by atoms with Crippen molar-refractivity contribution >= 4 is 11.9 Å². The SMILES string of the molecule is Cc1ccc(Cc2nnc(NC(=O)c3cc(C)ccc3C)o2)cc1. The molecule has 0 saturated carbocycles. The van der Waals surface area contributed by atoms with Gasteiger partial charge in [0.1, 0.15) is 0 Å². The minimum absolute atomic E-state index is 0.114. The van der Waals surface area contributed by atoms with Crippen molar-refractivity contribution in [2.45, 2.75) is 27.2 Å². The van der Waals surface area contributed by atoms with E-state index >= 15 is 0 Å². The number of anilines is 1. The molecule has 1 heterocycles. The summed E-state index contributed by atoms with van der Waals surface area (Å²) in [6, 6.07) is 14.0. The number of carbonyl (C=O) groups excluding carboxylic acids is 1. The Hall–Kier alpha value is -2.95. The molecular formula is C19H19N3O2. The average molecular weight is 321 g/mol. The number of amides is 1. The number of aromatic nitrogens is 2. The summed E-state index contributed by atoms with van der Waals surface area (Å²) in [4.78, 5) is 12.4. The molecule has 1 aromatic heterocycles. The maximum absolute atomic E-state index is 12.4. The molecule has 0 aliphatic rings. The van der Waals surface area contributed by atoms with Gasteiger partial charge >= 0.3 is 6.01 Å². The molecule has 3 aromatic rings. The second-order valence-electron chi connectivity index (χ2n) is 5.94. The summed E-state index contributed by atoms with van der Waals surface area (Å²) in [5.74, 6) is 0.219. The Balaban J connectivity index is 1.70. The molecule has 0 fully saturated rings. The molecule has 5 nitrogen and oxygen atoms in total. The summed E-state index contributed by atoms with van der Waals surface area (Å²) >= 11 is 0. The quantitative estimate of drug-likeness (QED) is 0.793. The first kappa shape index (κ1) is 15.9. The normalized spacial score (nSPS) is 10.6. The monoisotopic (exact) mass is 321 g/mol. The molecule has 1 N–H and O–H groups in total. The molecule has 3 rings (SSSR count). The van der Waals surface area contributed by atoms with Gasteiger partial charge in [-0.3, -0.25) is 10.1 Å². The number of benzene rings is 2. The molecule has 0 atom stereocenters. The lowest BCUT2D eigenvalue weighted by Crippen LogP contribution is -2.13. The van der Waals surface area contributed by atoms with Crippen LogP contribution in [0.2, 0.25) is 0 Å². The van der Waals surface area contributed by atoms with Crippen LogP contribution in [0, 0.1) is 20.8 Å². The molecule has 2 aromatic carbocycles. The van der Waals surface area contributed by atoms with Crippen molar-refractivity contribution in [1.29, 1.82) is 0 Å². The summed E-state index contributed by atoms with van der Waals surface area (Å²) in [6.45, 7) is 5.88. The third-order valence-electron chi connectivity index (χ3n) is 3.80. The zero-order valence-electron chi connectivity index (χ0n) is 14.0. The van der Waals surface area contributed by atoms with E-state index in [1.807, 2.05) is 63.2 Å². The Kier molecular flexibility index (Phi) is 4.42. The highest BCUT2D eigenvalue weighted by Crippen LogP contribution is 2.15. The van der Waals surface area contributed by atoms with Crippen LogP contribution >= 0.6 is 0 Å². The van der Waals surface area contributed by atoms with Gasteiger partial charge in [-0.1, -0.05) is 52.6 Å². The van der Waals surface area contributed by atoms with E-state index in [-0.39, 0.29) is 11.9 Å². The first-order chi connectivity index (χ1) is 11.5. The van der Waals surface area contributed by atoms with Gasteiger partial charge in [0, 0.05) is 5.56 Å². The maximum atomic E-state index is 12.4. The molecule has 24 heavy (non-hydrogen) atoms. The number of nitrogens with one attached hydrogen (secondary N) is 1. The van der Waals surface area contributed by atoms with E-state index in [0.717, 1.165) is 16.7 Å². The second kappa shape index (κ2) is 6.66. The summed E-state index contributed by atoms with van der Waals surface area (Å²) in [5, 5.41) is 10.6. The fourth-order valence-corrected chi connectivity index (χ4v) is 2.40. The third-order valence-corrected chi connectivity index (χ3v) is 3.80. The van der Waals surface area contributed by atoms with Gasteiger partial charge in [-0.25, -0.2) is 0 Å². The highest BCUT2D eigenvalue weighted by atomic mass is 16.4. The second-order valence-corrected chi connectivity index (χ2v) is 5.94. The molecule has 5 heteroatoms. The van der Waals surface area contributed by atoms with Crippen LogP contribution in [0.15, 0.2) is 46.9 Å². The van der Waals surface area contributed by atoms with Crippen LogP contribution in [-0.4, -0.2) is 16.1 Å². The van der Waals surface area contributed by atoms with Crippen LogP contribution in [0.5, 0.6) is 0 Å². The number of aryl methyl sites for hydroxylation is 3. The molecule has 0 spiro atoms. The number of hydrogen-bond acceptors (Lipinski definition) is 4. The molecular weight excluding hydrogens is 302 g/mol. The first-order valence-electron chi connectivity index (χ1n) is 7.78. The predicted octanol–water partition coefficient (Wildman–Crippen LogP) is 3.84. The lowest BCUT2D eigenvalue weighted by atomic mass is 10.1. The van der Waals surface area contributed by atoms with Gasteiger partial charge < -0.3 is 4.42 Å². The highest BCUT2D eigenvalue weighted by molar-refractivity contribution is 6.04. The minimum Gasteiger partial charge on any atom is -0.407 e. The van der Waals surface area contributed by atoms with Gasteiger partial charge in [0.2, 0.25) is 5.89 Å². The summed E-state index contributed by atoms with van der Waals surface area (Å²) in [7, 11) is 0. The van der Waals surface area contributed by atoms with E-state index in [1.165, 1.54) is 5.56 Å². The van der Waals surface area contributed by atoms with Crippen molar-refractivity contribution in [2.24, 2.45) is 0 Å². The third kappa shape index (κ3) is 3.68. The topological polar surface area (TPSA) is 68.0 Å². The number of hydrogen-bond donors (Lipinski definition) is 1. The predicted molar refractivity (Wildman–Crippen MR) is 92.2 cm³/mol. The van der Waals surface area contributed by atoms with Crippen molar-refractivity contribution < 1.29 is 9.21 Å². The number of nitrogens with zero attached hydrogens (tertiary/aromatic N) is 2. The van der Waals surface area contributed by atoms with Crippen LogP contribution < -0.4 is 5.32 Å². The van der Waals surface area contributed by atoms with Gasteiger partial charge in [0.15, 0.2) is 0 Å². The molecule has 0 aliphatic heterocycles. The number of carbonyl (C=O) groups is 1. The van der Waals surface area contributed by atoms with E-state index in [4.69, 9.17) is 4.42 Å². The largest absolute Gasteiger partial charge is 0.407 e. The Bertz CT molecular complexity index is 867. The van der Waals surface area contributed by atoms with E-state index in [0.29, 0.717) is 17.9 Å². The van der Waals surface area contributed by atoms with Crippen molar-refractivity contribution in [3.63, 3.8) is 0 Å². The molecule has 0 saturated heterocycles. The van der Waals surface area contributed by atoms with Crippen LogP contribution in [0.25, 0.3) is 0 Å². The minimum atomic E-state index is -0.248. The lowest BCUT2D eigenvalue weighted by molar-refractivity contribution is 0.102. The van der Waals surface area contributed by atoms with Crippen LogP contribution in [-0.2, 0) is 6.42 Å². The van der Waals surface area contributed by atoms with E-state index < -0.39 is 0 Å². The molecule has 1 amide bonds. The van der Waals surface area contributed by atoms with Gasteiger partial charge in [-0.05, 0) is 38.0 Å². The summed E-state index contributed by atoms with van der Waals surface area (Å²) in [6.07, 6.45) is 0.534. The van der Waals surface area contributed by atoms with Crippen molar-refractivity contribution in [3.8, 4) is 0 Å². The molecule has 0 radical (unpaired) electrons. The fraction of sp³-hybridized carbons (Fsp3) is 0.211. The molecule has 0 unspecified atom stereocenters. The van der Waals surface area contributed by atoms with E-state index in [2.05, 4.69) is 15.5 Å². The Morgan fingerprint density at radius 3 is 2.46 bits per heavy atom. The Morgan fingerprint density at radius 2 is 1.71 bits per heavy atom. The lowest BCUT2D eigenvalue weighted by Gasteiger charge is -2.05. The fourth-order valence-electron chi connectivity index (χ4n) is 2.40. The highest BCUT2D eigenvalue weighted by Gasteiger charge is 2.14. The smallest absolute Gasteiger partial charge is 0.322 e. The molecule has 0 bridgehead atoms. The van der Waals surface area contributed by atoms with Gasteiger partial charge in [0.05, 0.1) is 6.42 Å². The Morgan fingerprint density at radius 1 is 1.00 bits per heavy atom. The average Bonchev–Trinajstić information content (AvgIpc) is 2.99.